The molecule has 1 heterocycles. The van der Waals surface area contributed by atoms with E-state index in [0.29, 0.717) is 5.69 Å². The summed E-state index contributed by atoms with van der Waals surface area (Å²) in [6.07, 6.45) is -0.248. The van der Waals surface area contributed by atoms with E-state index in [2.05, 4.69) is 20.9 Å². The monoisotopic (exact) mass is 189 g/mol. The maximum absolute atomic E-state index is 7.48. The number of pyridine rings is 1. The molecule has 1 unspecified atom stereocenters. The molecular formula is C7H8BrN. The van der Waals surface area contributed by atoms with Crippen molar-refractivity contribution in [1.82, 2.24) is 4.98 Å². The molecular weight excluding hydrogens is 178 g/mol. The largest absolute Gasteiger partial charge is 0.260 e. The lowest BCUT2D eigenvalue weighted by molar-refractivity contribution is 1.02. The predicted octanol–water partition coefficient (Wildman–Crippen LogP) is 2.54. The highest BCUT2D eigenvalue weighted by Gasteiger charge is 1.97. The second-order valence-corrected chi connectivity index (χ2v) is 2.97. The second-order valence-electron chi connectivity index (χ2n) is 1.60. The summed E-state index contributed by atoms with van der Waals surface area (Å²) in [7, 11) is 0. The molecule has 1 aromatic rings. The molecule has 1 rings (SSSR count). The van der Waals surface area contributed by atoms with Gasteiger partial charge in [0.1, 0.15) is 0 Å². The van der Waals surface area contributed by atoms with Crippen molar-refractivity contribution in [1.29, 1.82) is 0 Å². The van der Waals surface area contributed by atoms with Crippen molar-refractivity contribution in [2.75, 3.05) is 0 Å². The van der Waals surface area contributed by atoms with Crippen LogP contribution in [0, 0.1) is 0 Å². The van der Waals surface area contributed by atoms with Crippen LogP contribution in [-0.4, -0.2) is 4.98 Å². The molecule has 0 saturated heterocycles. The van der Waals surface area contributed by atoms with E-state index in [1.54, 1.807) is 6.92 Å². The van der Waals surface area contributed by atoms with Gasteiger partial charge in [-0.25, -0.2) is 0 Å². The minimum Gasteiger partial charge on any atom is -0.260 e. The summed E-state index contributed by atoms with van der Waals surface area (Å²) in [6, 6.07) is -0.603. The Hall–Kier alpha value is -0.370. The van der Waals surface area contributed by atoms with Crippen LogP contribution in [0.1, 0.15) is 22.9 Å². The van der Waals surface area contributed by atoms with Crippen LogP contribution < -0.4 is 0 Å². The number of hydrogen-bond acceptors (Lipinski definition) is 1. The predicted molar refractivity (Wildman–Crippen MR) is 41.6 cm³/mol. The van der Waals surface area contributed by atoms with Crippen LogP contribution in [0.2, 0.25) is 0 Å². The van der Waals surface area contributed by atoms with Crippen molar-refractivity contribution < 1.29 is 5.48 Å². The van der Waals surface area contributed by atoms with Gasteiger partial charge in [-0.15, -0.1) is 0 Å². The fourth-order valence-electron chi connectivity index (χ4n) is 0.428. The molecule has 0 amide bonds. The summed E-state index contributed by atoms with van der Waals surface area (Å²) >= 11 is 3.22. The Morgan fingerprint density at radius 1 is 1.78 bits per heavy atom. The normalized spacial score (nSPS) is 19.3. The van der Waals surface area contributed by atoms with E-state index in [-0.39, 0.29) is 29.1 Å². The molecule has 0 saturated carbocycles. The van der Waals surface area contributed by atoms with Crippen molar-refractivity contribution in [3.8, 4) is 0 Å². The van der Waals surface area contributed by atoms with Gasteiger partial charge in [-0.2, -0.15) is 0 Å². The van der Waals surface area contributed by atoms with Crippen molar-refractivity contribution in [3.05, 3.63) is 30.0 Å². The fourth-order valence-corrected chi connectivity index (χ4v) is 0.645. The van der Waals surface area contributed by atoms with Crippen molar-refractivity contribution >= 4 is 15.9 Å². The molecule has 0 aromatic carbocycles. The molecule has 9 heavy (non-hydrogen) atoms. The Kier molecular flexibility index (Phi) is 1.04. The first kappa shape index (κ1) is 3.15. The second kappa shape index (κ2) is 2.97. The van der Waals surface area contributed by atoms with E-state index in [0.717, 1.165) is 0 Å². The van der Waals surface area contributed by atoms with Gasteiger partial charge < -0.3 is 0 Å². The lowest BCUT2D eigenvalue weighted by atomic mass is 10.3. The smallest absolute Gasteiger partial charge is 0.0840 e. The molecule has 1 atom stereocenters. The van der Waals surface area contributed by atoms with Crippen LogP contribution in [0.15, 0.2) is 24.3 Å². The molecule has 0 bridgehead atoms. The number of alkyl halides is 1. The van der Waals surface area contributed by atoms with Gasteiger partial charge in [0.15, 0.2) is 0 Å². The maximum Gasteiger partial charge on any atom is 0.0840 e. The topological polar surface area (TPSA) is 12.9 Å². The Morgan fingerprint density at radius 3 is 3.22 bits per heavy atom. The zero-order valence-corrected chi connectivity index (χ0v) is 6.49. The van der Waals surface area contributed by atoms with E-state index < -0.39 is 0 Å². The van der Waals surface area contributed by atoms with E-state index >= 15 is 0 Å². The van der Waals surface area contributed by atoms with E-state index in [9.17, 15) is 0 Å². The van der Waals surface area contributed by atoms with Gasteiger partial charge in [0.05, 0.1) is 16.0 Å². The zero-order valence-electron chi connectivity index (χ0n) is 8.90. The van der Waals surface area contributed by atoms with Gasteiger partial charge >= 0.3 is 0 Å². The van der Waals surface area contributed by atoms with Crippen LogP contribution in [-0.2, 0) is 0 Å². The van der Waals surface area contributed by atoms with Crippen LogP contribution in [0.3, 0.4) is 0 Å². The van der Waals surface area contributed by atoms with Gasteiger partial charge in [-0.1, -0.05) is 22.0 Å². The van der Waals surface area contributed by atoms with Gasteiger partial charge in [0, 0.05) is 6.17 Å². The van der Waals surface area contributed by atoms with E-state index in [4.69, 9.17) is 5.48 Å². The zero-order chi connectivity index (χ0) is 10.2. The first-order valence-electron chi connectivity index (χ1n) is 4.53. The molecule has 0 aliphatic rings. The van der Waals surface area contributed by atoms with Crippen molar-refractivity contribution in [2.45, 2.75) is 11.8 Å². The minimum absolute atomic E-state index is 0.0784. The Labute approximate surface area is 68.9 Å². The number of nitrogens with zero attached hydrogens (tertiary/aromatic N) is 1. The SMILES string of the molecule is [2H]c1nc(C(C)Br)c([2H])c([2H])c1[2H]. The third-order valence-electron chi connectivity index (χ3n) is 0.862. The quantitative estimate of drug-likeness (QED) is 0.620. The Bertz CT molecular complexity index is 340. The third-order valence-corrected chi connectivity index (χ3v) is 1.30. The minimum atomic E-state index is -0.290. The van der Waals surface area contributed by atoms with E-state index in [1.165, 1.54) is 0 Å². The lowest BCUT2D eigenvalue weighted by Crippen LogP contribution is -1.85. The molecule has 0 aliphatic carbocycles. The number of halogens is 1. The van der Waals surface area contributed by atoms with Crippen LogP contribution in [0.25, 0.3) is 0 Å². The first-order valence-corrected chi connectivity index (χ1v) is 3.45. The molecule has 48 valence electrons. The standard InChI is InChI=1S/C7H8BrN/c1-6(8)7-4-2-3-5-9-7/h2-6H,1H3/i2D,3D,4D,5D. The van der Waals surface area contributed by atoms with Gasteiger partial charge in [0.2, 0.25) is 0 Å². The third kappa shape index (κ3) is 1.79. The summed E-state index contributed by atoms with van der Waals surface area (Å²) in [5.74, 6) is 0. The maximum atomic E-state index is 7.48. The fraction of sp³-hybridized carbons (Fsp3) is 0.286. The first-order chi connectivity index (χ1) is 5.95. The Balaban J connectivity index is 3.41. The molecule has 0 fully saturated rings. The molecule has 0 N–H and O–H groups in total. The van der Waals surface area contributed by atoms with Crippen LogP contribution in [0.4, 0.5) is 0 Å². The summed E-state index contributed by atoms with van der Waals surface area (Å²) in [5, 5.41) is 0. The van der Waals surface area contributed by atoms with Gasteiger partial charge in [0.25, 0.3) is 0 Å². The Morgan fingerprint density at radius 2 is 2.56 bits per heavy atom. The summed E-state index contributed by atoms with van der Waals surface area (Å²) < 4.78 is 29.4. The number of rotatable bonds is 1. The van der Waals surface area contributed by atoms with Crippen LogP contribution in [0.5, 0.6) is 0 Å². The summed E-state index contributed by atoms with van der Waals surface area (Å²) in [6.45, 7) is 1.77. The van der Waals surface area contributed by atoms with Crippen molar-refractivity contribution in [2.24, 2.45) is 0 Å². The average molecular weight is 190 g/mol. The highest BCUT2D eigenvalue weighted by Crippen LogP contribution is 2.17. The summed E-state index contributed by atoms with van der Waals surface area (Å²) in [5.41, 5.74) is 0.339. The van der Waals surface area contributed by atoms with Crippen molar-refractivity contribution in [3.63, 3.8) is 0 Å². The number of hydrogen-bond donors (Lipinski definition) is 0. The lowest BCUT2D eigenvalue weighted by Gasteiger charge is -1.98. The average Bonchev–Trinajstić information content (AvgIpc) is 2.07. The van der Waals surface area contributed by atoms with Gasteiger partial charge in [-0.05, 0) is 19.0 Å². The van der Waals surface area contributed by atoms with Gasteiger partial charge in [-0.3, -0.25) is 4.98 Å². The van der Waals surface area contributed by atoms with Crippen LogP contribution >= 0.6 is 15.9 Å². The number of aromatic nitrogens is 1. The van der Waals surface area contributed by atoms with E-state index in [1.807, 2.05) is 0 Å². The molecule has 0 aliphatic heterocycles. The molecule has 1 nitrogen and oxygen atoms in total. The summed E-state index contributed by atoms with van der Waals surface area (Å²) in [4.78, 5) is 3.58. The molecule has 0 radical (unpaired) electrons. The highest BCUT2D eigenvalue weighted by molar-refractivity contribution is 9.09. The molecule has 0 spiro atoms. The molecule has 1 aromatic heterocycles. The molecule has 2 heteroatoms. The highest BCUT2D eigenvalue weighted by atomic mass is 79.9.